The molecule has 0 aliphatic heterocycles. The van der Waals surface area contributed by atoms with Gasteiger partial charge in [0.05, 0.1) is 10.7 Å². The molecule has 0 saturated carbocycles. The number of thiazole rings is 1. The maximum absolute atomic E-state index is 11.9. The van der Waals surface area contributed by atoms with Crippen molar-refractivity contribution in [3.63, 3.8) is 0 Å². The molecule has 0 bridgehead atoms. The highest BCUT2D eigenvalue weighted by molar-refractivity contribution is 7.09. The molecule has 2 heterocycles. The lowest BCUT2D eigenvalue weighted by Crippen LogP contribution is -2.25. The average Bonchev–Trinajstić information content (AvgIpc) is 3.14. The van der Waals surface area contributed by atoms with E-state index in [0.717, 1.165) is 35.5 Å². The van der Waals surface area contributed by atoms with Gasteiger partial charge in [0.15, 0.2) is 0 Å². The summed E-state index contributed by atoms with van der Waals surface area (Å²) < 4.78 is 0. The van der Waals surface area contributed by atoms with Gasteiger partial charge in [-0.3, -0.25) is 4.79 Å². The summed E-state index contributed by atoms with van der Waals surface area (Å²) in [6.07, 6.45) is 5.20. The first-order valence-corrected chi connectivity index (χ1v) is 8.83. The molecule has 23 heavy (non-hydrogen) atoms. The molecule has 3 aromatic rings. The molecule has 0 radical (unpaired) electrons. The molecule has 2 N–H and O–H groups in total. The van der Waals surface area contributed by atoms with Crippen molar-refractivity contribution in [2.24, 2.45) is 0 Å². The molecule has 0 atom stereocenters. The number of para-hydroxylation sites is 1. The van der Waals surface area contributed by atoms with Crippen molar-refractivity contribution in [3.05, 3.63) is 52.1 Å². The molecular formula is C18H21N3OS. The number of fused-ring (bicyclic) bond motifs is 1. The molecule has 1 aromatic carbocycles. The van der Waals surface area contributed by atoms with E-state index < -0.39 is 0 Å². The van der Waals surface area contributed by atoms with Crippen LogP contribution in [0.1, 0.15) is 29.1 Å². The minimum Gasteiger partial charge on any atom is -0.361 e. The van der Waals surface area contributed by atoms with Gasteiger partial charge in [-0.25, -0.2) is 4.98 Å². The molecule has 0 spiro atoms. The number of H-pyrrole nitrogens is 1. The minimum absolute atomic E-state index is 0.122. The second kappa shape index (κ2) is 7.42. The van der Waals surface area contributed by atoms with Gasteiger partial charge in [0.1, 0.15) is 0 Å². The van der Waals surface area contributed by atoms with Gasteiger partial charge in [-0.15, -0.1) is 11.3 Å². The molecular weight excluding hydrogens is 306 g/mol. The number of aromatic amines is 1. The van der Waals surface area contributed by atoms with E-state index in [2.05, 4.69) is 32.8 Å². The lowest BCUT2D eigenvalue weighted by molar-refractivity contribution is -0.121. The van der Waals surface area contributed by atoms with Gasteiger partial charge < -0.3 is 10.3 Å². The number of aromatic nitrogens is 2. The molecule has 0 fully saturated rings. The zero-order valence-electron chi connectivity index (χ0n) is 13.3. The van der Waals surface area contributed by atoms with Gasteiger partial charge in [-0.05, 0) is 31.4 Å². The minimum atomic E-state index is 0.122. The van der Waals surface area contributed by atoms with Crippen LogP contribution in [0.2, 0.25) is 0 Å². The van der Waals surface area contributed by atoms with Crippen molar-refractivity contribution >= 4 is 28.1 Å². The SMILES string of the molecule is Cc1nc(CCNC(=O)CCCc2c[nH]c3ccccc23)cs1. The summed E-state index contributed by atoms with van der Waals surface area (Å²) in [6, 6.07) is 8.27. The van der Waals surface area contributed by atoms with Crippen molar-refractivity contribution in [3.8, 4) is 0 Å². The number of rotatable bonds is 7. The van der Waals surface area contributed by atoms with Gasteiger partial charge in [0.25, 0.3) is 0 Å². The molecule has 120 valence electrons. The summed E-state index contributed by atoms with van der Waals surface area (Å²) in [4.78, 5) is 19.6. The molecule has 0 saturated heterocycles. The smallest absolute Gasteiger partial charge is 0.220 e. The number of nitrogens with zero attached hydrogens (tertiary/aromatic N) is 1. The number of aryl methyl sites for hydroxylation is 2. The molecule has 2 aromatic heterocycles. The van der Waals surface area contributed by atoms with Crippen LogP contribution < -0.4 is 5.32 Å². The Bertz CT molecular complexity index is 790. The van der Waals surface area contributed by atoms with Crippen molar-refractivity contribution < 1.29 is 4.79 Å². The van der Waals surface area contributed by atoms with E-state index in [4.69, 9.17) is 0 Å². The highest BCUT2D eigenvalue weighted by atomic mass is 32.1. The maximum atomic E-state index is 11.9. The van der Waals surface area contributed by atoms with Crippen LogP contribution in [0.15, 0.2) is 35.8 Å². The number of amides is 1. The number of hydrogen-bond donors (Lipinski definition) is 2. The Kier molecular flexibility index (Phi) is 5.08. The summed E-state index contributed by atoms with van der Waals surface area (Å²) >= 11 is 1.65. The first-order valence-electron chi connectivity index (χ1n) is 7.95. The Balaban J connectivity index is 1.39. The van der Waals surface area contributed by atoms with Gasteiger partial charge in [0.2, 0.25) is 5.91 Å². The Hall–Kier alpha value is -2.14. The van der Waals surface area contributed by atoms with Crippen molar-refractivity contribution in [2.45, 2.75) is 32.6 Å². The van der Waals surface area contributed by atoms with E-state index >= 15 is 0 Å². The molecule has 3 rings (SSSR count). The van der Waals surface area contributed by atoms with E-state index in [1.54, 1.807) is 11.3 Å². The summed E-state index contributed by atoms with van der Waals surface area (Å²) in [5.74, 6) is 0.122. The van der Waals surface area contributed by atoms with Crippen LogP contribution in [0, 0.1) is 6.92 Å². The monoisotopic (exact) mass is 327 g/mol. The fourth-order valence-corrected chi connectivity index (χ4v) is 3.37. The average molecular weight is 327 g/mol. The summed E-state index contributed by atoms with van der Waals surface area (Å²) in [5.41, 5.74) is 3.50. The largest absolute Gasteiger partial charge is 0.361 e. The Morgan fingerprint density at radius 2 is 2.17 bits per heavy atom. The summed E-state index contributed by atoms with van der Waals surface area (Å²) in [6.45, 7) is 2.66. The van der Waals surface area contributed by atoms with Crippen LogP contribution in [0.25, 0.3) is 10.9 Å². The van der Waals surface area contributed by atoms with Gasteiger partial charge in [-0.2, -0.15) is 0 Å². The first-order chi connectivity index (χ1) is 11.2. The lowest BCUT2D eigenvalue weighted by atomic mass is 10.1. The van der Waals surface area contributed by atoms with Crippen molar-refractivity contribution in [1.82, 2.24) is 15.3 Å². The van der Waals surface area contributed by atoms with Crippen LogP contribution in [0.5, 0.6) is 0 Å². The van der Waals surface area contributed by atoms with Gasteiger partial charge in [-0.1, -0.05) is 18.2 Å². The van der Waals surface area contributed by atoms with E-state index in [-0.39, 0.29) is 5.91 Å². The zero-order valence-corrected chi connectivity index (χ0v) is 14.1. The number of carbonyl (C=O) groups excluding carboxylic acids is 1. The predicted molar refractivity (Wildman–Crippen MR) is 94.8 cm³/mol. The van der Waals surface area contributed by atoms with Crippen LogP contribution in [-0.2, 0) is 17.6 Å². The van der Waals surface area contributed by atoms with Gasteiger partial charge in [0, 0.05) is 41.9 Å². The number of carbonyl (C=O) groups is 1. The third-order valence-electron chi connectivity index (χ3n) is 3.89. The summed E-state index contributed by atoms with van der Waals surface area (Å²) in [7, 11) is 0. The molecule has 0 unspecified atom stereocenters. The highest BCUT2D eigenvalue weighted by Crippen LogP contribution is 2.19. The van der Waals surface area contributed by atoms with Crippen molar-refractivity contribution in [1.29, 1.82) is 0 Å². The molecule has 0 aliphatic carbocycles. The molecule has 0 aliphatic rings. The molecule has 5 heteroatoms. The van der Waals surface area contributed by atoms with Crippen molar-refractivity contribution in [2.75, 3.05) is 6.54 Å². The number of benzene rings is 1. The fraction of sp³-hybridized carbons (Fsp3) is 0.333. The first kappa shape index (κ1) is 15.7. The normalized spacial score (nSPS) is 11.0. The second-order valence-electron chi connectivity index (χ2n) is 5.67. The Labute approximate surface area is 140 Å². The van der Waals surface area contributed by atoms with Crippen LogP contribution in [0.4, 0.5) is 0 Å². The quantitative estimate of drug-likeness (QED) is 0.696. The van der Waals surface area contributed by atoms with E-state index in [1.165, 1.54) is 10.9 Å². The number of hydrogen-bond acceptors (Lipinski definition) is 3. The third-order valence-corrected chi connectivity index (χ3v) is 4.72. The highest BCUT2D eigenvalue weighted by Gasteiger charge is 2.06. The van der Waals surface area contributed by atoms with E-state index in [9.17, 15) is 4.79 Å². The fourth-order valence-electron chi connectivity index (χ4n) is 2.72. The van der Waals surface area contributed by atoms with Crippen LogP contribution >= 0.6 is 11.3 Å². The van der Waals surface area contributed by atoms with Crippen LogP contribution in [-0.4, -0.2) is 22.4 Å². The number of nitrogens with one attached hydrogen (secondary N) is 2. The third kappa shape index (κ3) is 4.20. The van der Waals surface area contributed by atoms with Crippen LogP contribution in [0.3, 0.4) is 0 Å². The predicted octanol–water partition coefficient (Wildman–Crippen LogP) is 3.61. The lowest BCUT2D eigenvalue weighted by Gasteiger charge is -2.04. The zero-order chi connectivity index (χ0) is 16.1. The Morgan fingerprint density at radius 1 is 1.30 bits per heavy atom. The second-order valence-corrected chi connectivity index (χ2v) is 6.73. The van der Waals surface area contributed by atoms with E-state index in [0.29, 0.717) is 13.0 Å². The molecule has 4 nitrogen and oxygen atoms in total. The topological polar surface area (TPSA) is 57.8 Å². The Morgan fingerprint density at radius 3 is 3.00 bits per heavy atom. The maximum Gasteiger partial charge on any atom is 0.220 e. The standard InChI is InChI=1S/C18H21N3OS/c1-13-21-15(12-23-13)9-10-19-18(22)8-4-5-14-11-20-17-7-3-2-6-16(14)17/h2-3,6-7,11-12,20H,4-5,8-10H2,1H3,(H,19,22). The molecule has 1 amide bonds. The van der Waals surface area contributed by atoms with Gasteiger partial charge >= 0.3 is 0 Å². The summed E-state index contributed by atoms with van der Waals surface area (Å²) in [5, 5.41) is 7.36. The van der Waals surface area contributed by atoms with E-state index in [1.807, 2.05) is 25.3 Å².